The molecule has 0 spiro atoms. The number of hydrogen-bond acceptors (Lipinski definition) is 3. The lowest BCUT2D eigenvalue weighted by Crippen LogP contribution is -2.26. The number of aromatic nitrogens is 2. The number of benzene rings is 1. The van der Waals surface area contributed by atoms with E-state index in [-0.39, 0.29) is 11.9 Å². The van der Waals surface area contributed by atoms with Crippen molar-refractivity contribution in [1.82, 2.24) is 10.2 Å². The lowest BCUT2D eigenvalue weighted by Gasteiger charge is -2.23. The van der Waals surface area contributed by atoms with E-state index in [0.717, 1.165) is 24.5 Å². The Morgan fingerprint density at radius 1 is 1.00 bits per heavy atom. The van der Waals surface area contributed by atoms with Gasteiger partial charge in [0.15, 0.2) is 11.5 Å². The fourth-order valence-electron chi connectivity index (χ4n) is 2.20. The SMILES string of the molecule is Fc1ccc(CN(c2ccc(C(F)(F)F)nn2)C2CC2)cc1. The van der Waals surface area contributed by atoms with Crippen LogP contribution in [-0.2, 0) is 12.7 Å². The summed E-state index contributed by atoms with van der Waals surface area (Å²) < 4.78 is 50.5. The first-order chi connectivity index (χ1) is 10.4. The molecule has 7 heteroatoms. The molecule has 3 rings (SSSR count). The molecule has 0 saturated heterocycles. The number of rotatable bonds is 4. The van der Waals surface area contributed by atoms with Gasteiger partial charge in [-0.2, -0.15) is 13.2 Å². The molecule has 1 aliphatic rings. The predicted molar refractivity (Wildman–Crippen MR) is 72.6 cm³/mol. The van der Waals surface area contributed by atoms with Crippen LogP contribution < -0.4 is 4.90 Å². The van der Waals surface area contributed by atoms with Gasteiger partial charge in [0.1, 0.15) is 5.82 Å². The normalized spacial score (nSPS) is 14.9. The predicted octanol–water partition coefficient (Wildman–Crippen LogP) is 3.80. The summed E-state index contributed by atoms with van der Waals surface area (Å²) in [5.41, 5.74) is -0.135. The van der Waals surface area contributed by atoms with Crippen molar-refractivity contribution in [3.05, 3.63) is 53.5 Å². The maximum Gasteiger partial charge on any atom is 0.435 e. The molecule has 1 saturated carbocycles. The van der Waals surface area contributed by atoms with Gasteiger partial charge in [-0.15, -0.1) is 10.2 Å². The van der Waals surface area contributed by atoms with Crippen molar-refractivity contribution >= 4 is 5.82 Å². The molecular weight excluding hydrogens is 298 g/mol. The highest BCUT2D eigenvalue weighted by Crippen LogP contribution is 2.33. The van der Waals surface area contributed by atoms with Crippen LogP contribution in [0.15, 0.2) is 36.4 Å². The molecule has 0 aliphatic heterocycles. The smallest absolute Gasteiger partial charge is 0.348 e. The lowest BCUT2D eigenvalue weighted by atomic mass is 10.2. The molecule has 1 aromatic carbocycles. The molecule has 22 heavy (non-hydrogen) atoms. The van der Waals surface area contributed by atoms with Crippen molar-refractivity contribution in [1.29, 1.82) is 0 Å². The average Bonchev–Trinajstić information content (AvgIpc) is 3.30. The van der Waals surface area contributed by atoms with Crippen LogP contribution in [-0.4, -0.2) is 16.2 Å². The maximum atomic E-state index is 12.9. The minimum atomic E-state index is -4.49. The van der Waals surface area contributed by atoms with E-state index < -0.39 is 11.9 Å². The van der Waals surface area contributed by atoms with Gasteiger partial charge in [0.05, 0.1) is 0 Å². The molecule has 0 unspecified atom stereocenters. The average molecular weight is 311 g/mol. The molecule has 0 radical (unpaired) electrons. The van der Waals surface area contributed by atoms with E-state index in [4.69, 9.17) is 0 Å². The lowest BCUT2D eigenvalue weighted by molar-refractivity contribution is -0.141. The zero-order valence-electron chi connectivity index (χ0n) is 11.5. The summed E-state index contributed by atoms with van der Waals surface area (Å²) in [6, 6.07) is 8.54. The van der Waals surface area contributed by atoms with Crippen molar-refractivity contribution in [3.8, 4) is 0 Å². The Labute approximate surface area is 124 Å². The van der Waals surface area contributed by atoms with Crippen molar-refractivity contribution in [3.63, 3.8) is 0 Å². The van der Waals surface area contributed by atoms with Crippen LogP contribution in [0.25, 0.3) is 0 Å². The Balaban J connectivity index is 1.80. The van der Waals surface area contributed by atoms with Gasteiger partial charge in [-0.05, 0) is 42.7 Å². The van der Waals surface area contributed by atoms with Crippen molar-refractivity contribution < 1.29 is 17.6 Å². The fraction of sp³-hybridized carbons (Fsp3) is 0.333. The van der Waals surface area contributed by atoms with Gasteiger partial charge in [0, 0.05) is 12.6 Å². The summed E-state index contributed by atoms with van der Waals surface area (Å²) in [4.78, 5) is 1.90. The van der Waals surface area contributed by atoms with E-state index in [1.54, 1.807) is 12.1 Å². The molecule has 0 bridgehead atoms. The van der Waals surface area contributed by atoms with E-state index in [9.17, 15) is 17.6 Å². The molecule has 1 aromatic heterocycles. The van der Waals surface area contributed by atoms with E-state index in [0.29, 0.717) is 12.4 Å². The second-order valence-corrected chi connectivity index (χ2v) is 5.26. The molecule has 3 nitrogen and oxygen atoms in total. The highest BCUT2D eigenvalue weighted by Gasteiger charge is 2.34. The van der Waals surface area contributed by atoms with E-state index >= 15 is 0 Å². The van der Waals surface area contributed by atoms with E-state index in [1.165, 1.54) is 18.2 Å². The van der Waals surface area contributed by atoms with Crippen LogP contribution in [0.4, 0.5) is 23.4 Å². The molecule has 1 fully saturated rings. The Morgan fingerprint density at radius 3 is 2.18 bits per heavy atom. The molecule has 2 aromatic rings. The minimum Gasteiger partial charge on any atom is -0.348 e. The summed E-state index contributed by atoms with van der Waals surface area (Å²) >= 11 is 0. The summed E-state index contributed by atoms with van der Waals surface area (Å²) in [5.74, 6) is 0.0795. The Hall–Kier alpha value is -2.18. The fourth-order valence-corrected chi connectivity index (χ4v) is 2.20. The quantitative estimate of drug-likeness (QED) is 0.804. The van der Waals surface area contributed by atoms with Gasteiger partial charge in [-0.3, -0.25) is 0 Å². The third-order valence-electron chi connectivity index (χ3n) is 3.49. The molecule has 116 valence electrons. The van der Waals surface area contributed by atoms with Crippen LogP contribution in [0.3, 0.4) is 0 Å². The number of alkyl halides is 3. The molecule has 0 N–H and O–H groups in total. The first kappa shape index (κ1) is 14.7. The second-order valence-electron chi connectivity index (χ2n) is 5.26. The minimum absolute atomic E-state index is 0.246. The van der Waals surface area contributed by atoms with E-state index in [1.807, 2.05) is 4.90 Å². The standard InChI is InChI=1S/C15H13F4N3/c16-11-3-1-10(2-4-11)9-22(12-5-6-12)14-8-7-13(20-21-14)15(17,18)19/h1-4,7-8,12H,5-6,9H2. The number of anilines is 1. The molecule has 1 heterocycles. The topological polar surface area (TPSA) is 29.0 Å². The van der Waals surface area contributed by atoms with Crippen molar-refractivity contribution in [2.75, 3.05) is 4.90 Å². The van der Waals surface area contributed by atoms with Gasteiger partial charge in [0.2, 0.25) is 0 Å². The molecule has 0 amide bonds. The number of halogens is 4. The Kier molecular flexibility index (Phi) is 3.72. The van der Waals surface area contributed by atoms with Crippen molar-refractivity contribution in [2.24, 2.45) is 0 Å². The van der Waals surface area contributed by atoms with Gasteiger partial charge in [-0.25, -0.2) is 4.39 Å². The first-order valence-corrected chi connectivity index (χ1v) is 6.85. The van der Waals surface area contributed by atoms with Gasteiger partial charge >= 0.3 is 6.18 Å². The van der Waals surface area contributed by atoms with Crippen LogP contribution in [0, 0.1) is 5.82 Å². The van der Waals surface area contributed by atoms with Gasteiger partial charge in [0.25, 0.3) is 0 Å². The Morgan fingerprint density at radius 2 is 1.68 bits per heavy atom. The van der Waals surface area contributed by atoms with Crippen LogP contribution in [0.2, 0.25) is 0 Å². The van der Waals surface area contributed by atoms with Gasteiger partial charge < -0.3 is 4.90 Å². The van der Waals surface area contributed by atoms with Crippen molar-refractivity contribution in [2.45, 2.75) is 31.6 Å². The first-order valence-electron chi connectivity index (χ1n) is 6.85. The largest absolute Gasteiger partial charge is 0.435 e. The van der Waals surface area contributed by atoms with Crippen LogP contribution in [0.5, 0.6) is 0 Å². The highest BCUT2D eigenvalue weighted by atomic mass is 19.4. The summed E-state index contributed by atoms with van der Waals surface area (Å²) in [6.07, 6.45) is -2.57. The Bertz CT molecular complexity index is 633. The summed E-state index contributed by atoms with van der Waals surface area (Å²) in [6.45, 7) is 0.463. The van der Waals surface area contributed by atoms with E-state index in [2.05, 4.69) is 10.2 Å². The zero-order valence-corrected chi connectivity index (χ0v) is 11.5. The molecule has 1 aliphatic carbocycles. The summed E-state index contributed by atoms with van der Waals surface area (Å²) in [7, 11) is 0. The monoisotopic (exact) mass is 311 g/mol. The van der Waals surface area contributed by atoms with Crippen LogP contribution >= 0.6 is 0 Å². The number of hydrogen-bond donors (Lipinski definition) is 0. The molecule has 0 atom stereocenters. The maximum absolute atomic E-state index is 12.9. The zero-order chi connectivity index (χ0) is 15.7. The number of nitrogens with zero attached hydrogens (tertiary/aromatic N) is 3. The second kappa shape index (κ2) is 5.55. The third kappa shape index (κ3) is 3.35. The third-order valence-corrected chi connectivity index (χ3v) is 3.49. The van der Waals surface area contributed by atoms with Gasteiger partial charge in [-0.1, -0.05) is 12.1 Å². The summed E-state index contributed by atoms with van der Waals surface area (Å²) in [5, 5.41) is 6.96. The van der Waals surface area contributed by atoms with Crippen LogP contribution in [0.1, 0.15) is 24.1 Å². The molecular formula is C15H13F4N3. The highest BCUT2D eigenvalue weighted by molar-refractivity contribution is 5.42.